The molecule has 130 valence electrons. The van der Waals surface area contributed by atoms with Gasteiger partial charge in [0.25, 0.3) is 0 Å². The molecule has 1 aliphatic heterocycles. The third kappa shape index (κ3) is 2.59. The minimum absolute atomic E-state index is 0.149. The van der Waals surface area contributed by atoms with Gasteiger partial charge in [0.2, 0.25) is 11.9 Å². The molecule has 25 heavy (non-hydrogen) atoms. The van der Waals surface area contributed by atoms with Gasteiger partial charge in [0.05, 0.1) is 11.4 Å². The van der Waals surface area contributed by atoms with E-state index in [-0.39, 0.29) is 11.9 Å². The summed E-state index contributed by atoms with van der Waals surface area (Å²) in [6.07, 6.45) is 6.04. The van der Waals surface area contributed by atoms with Crippen LogP contribution in [-0.2, 0) is 0 Å². The van der Waals surface area contributed by atoms with E-state index in [1.807, 2.05) is 0 Å². The van der Waals surface area contributed by atoms with Gasteiger partial charge in [-0.1, -0.05) is 6.42 Å². The van der Waals surface area contributed by atoms with Gasteiger partial charge in [0.1, 0.15) is 17.8 Å². The van der Waals surface area contributed by atoms with Crippen molar-refractivity contribution in [2.75, 3.05) is 4.90 Å². The quantitative estimate of drug-likeness (QED) is 0.835. The summed E-state index contributed by atoms with van der Waals surface area (Å²) < 4.78 is 15.5. The third-order valence-corrected chi connectivity index (χ3v) is 4.63. The summed E-state index contributed by atoms with van der Waals surface area (Å²) in [6, 6.07) is 4.35. The summed E-state index contributed by atoms with van der Waals surface area (Å²) in [7, 11) is 0. The highest BCUT2D eigenvalue weighted by atomic mass is 19.1. The highest BCUT2D eigenvalue weighted by molar-refractivity contribution is 6.06. The molecule has 1 spiro atoms. The normalized spacial score (nSPS) is 19.6. The number of benzene rings is 1. The molecule has 4 rings (SSSR count). The van der Waals surface area contributed by atoms with Crippen LogP contribution in [0.3, 0.4) is 0 Å². The molecular formula is C15H18FN9. The number of anilines is 1. The largest absolute Gasteiger partial charge is 0.369 e. The van der Waals surface area contributed by atoms with Crippen LogP contribution in [0.5, 0.6) is 0 Å². The molecular weight excluding hydrogens is 325 g/mol. The second-order valence-electron chi connectivity index (χ2n) is 6.21. The average Bonchev–Trinajstić information content (AvgIpc) is 3.09. The van der Waals surface area contributed by atoms with Crippen LogP contribution < -0.4 is 16.4 Å². The van der Waals surface area contributed by atoms with Gasteiger partial charge in [0.15, 0.2) is 0 Å². The van der Waals surface area contributed by atoms with Crippen molar-refractivity contribution in [2.45, 2.75) is 37.8 Å². The molecule has 1 aliphatic carbocycles. The summed E-state index contributed by atoms with van der Waals surface area (Å²) in [6.45, 7) is 0. The molecule has 0 atom stereocenters. The molecule has 0 radical (unpaired) electrons. The first kappa shape index (κ1) is 15.5. The number of hydrogen-bond donors (Lipinski definition) is 2. The lowest BCUT2D eigenvalue weighted by Crippen LogP contribution is -2.58. The Morgan fingerprint density at radius 1 is 1.08 bits per heavy atom. The van der Waals surface area contributed by atoms with E-state index in [0.29, 0.717) is 11.4 Å². The Morgan fingerprint density at radius 2 is 1.88 bits per heavy atom. The van der Waals surface area contributed by atoms with E-state index >= 15 is 0 Å². The number of aromatic nitrogens is 4. The van der Waals surface area contributed by atoms with Crippen LogP contribution in [0.2, 0.25) is 0 Å². The Labute approximate surface area is 143 Å². The van der Waals surface area contributed by atoms with Crippen molar-refractivity contribution in [3.8, 4) is 5.69 Å². The van der Waals surface area contributed by atoms with E-state index in [4.69, 9.17) is 11.5 Å². The molecule has 2 heterocycles. The summed E-state index contributed by atoms with van der Waals surface area (Å²) in [5.41, 5.74) is 12.5. The van der Waals surface area contributed by atoms with Crippen molar-refractivity contribution >= 4 is 17.6 Å². The molecule has 2 aromatic rings. The predicted molar refractivity (Wildman–Crippen MR) is 90.7 cm³/mol. The maximum Gasteiger partial charge on any atom is 0.220 e. The van der Waals surface area contributed by atoms with Crippen LogP contribution in [0.4, 0.5) is 10.1 Å². The zero-order valence-electron chi connectivity index (χ0n) is 13.5. The molecule has 1 saturated carbocycles. The Balaban J connectivity index is 1.90. The number of nitrogens with zero attached hydrogens (tertiary/aromatic N) is 7. The van der Waals surface area contributed by atoms with Gasteiger partial charge in [-0.25, -0.2) is 9.38 Å². The maximum atomic E-state index is 14.1. The van der Waals surface area contributed by atoms with Crippen LogP contribution >= 0.6 is 0 Å². The Kier molecular flexibility index (Phi) is 3.59. The van der Waals surface area contributed by atoms with Gasteiger partial charge in [-0.15, -0.1) is 5.10 Å². The zero-order chi connectivity index (χ0) is 17.4. The lowest BCUT2D eigenvalue weighted by atomic mass is 9.87. The first-order valence-electron chi connectivity index (χ1n) is 8.12. The van der Waals surface area contributed by atoms with Crippen molar-refractivity contribution in [1.29, 1.82) is 0 Å². The number of hydrogen-bond acceptors (Lipinski definition) is 8. The van der Waals surface area contributed by atoms with Crippen molar-refractivity contribution < 1.29 is 4.39 Å². The van der Waals surface area contributed by atoms with Gasteiger partial charge in [0, 0.05) is 0 Å². The van der Waals surface area contributed by atoms with Crippen LogP contribution in [-0.4, -0.2) is 37.8 Å². The zero-order valence-corrected chi connectivity index (χ0v) is 13.5. The van der Waals surface area contributed by atoms with E-state index in [2.05, 4.69) is 25.5 Å². The molecule has 10 heteroatoms. The van der Waals surface area contributed by atoms with E-state index < -0.39 is 11.5 Å². The molecule has 9 nitrogen and oxygen atoms in total. The molecule has 0 saturated heterocycles. The fourth-order valence-corrected chi connectivity index (χ4v) is 3.61. The van der Waals surface area contributed by atoms with Crippen LogP contribution in [0.25, 0.3) is 5.69 Å². The van der Waals surface area contributed by atoms with Crippen LogP contribution in [0.15, 0.2) is 34.5 Å². The van der Waals surface area contributed by atoms with Crippen molar-refractivity contribution in [3.05, 3.63) is 30.3 Å². The minimum Gasteiger partial charge on any atom is -0.369 e. The number of halogens is 1. The smallest absolute Gasteiger partial charge is 0.220 e. The van der Waals surface area contributed by atoms with Crippen molar-refractivity contribution in [3.63, 3.8) is 0 Å². The van der Waals surface area contributed by atoms with Gasteiger partial charge in [-0.2, -0.15) is 9.67 Å². The Hall–Kier alpha value is -3.04. The lowest BCUT2D eigenvalue weighted by molar-refractivity contribution is 0.305. The monoisotopic (exact) mass is 343 g/mol. The minimum atomic E-state index is -0.662. The lowest BCUT2D eigenvalue weighted by Gasteiger charge is -2.46. The third-order valence-electron chi connectivity index (χ3n) is 4.63. The van der Waals surface area contributed by atoms with Gasteiger partial charge in [-0.3, -0.25) is 4.90 Å². The van der Waals surface area contributed by atoms with Crippen molar-refractivity contribution in [1.82, 2.24) is 20.2 Å². The maximum absolute atomic E-state index is 14.1. The number of guanidine groups is 2. The number of tetrazole rings is 1. The fourth-order valence-electron chi connectivity index (χ4n) is 3.61. The summed E-state index contributed by atoms with van der Waals surface area (Å²) >= 11 is 0. The number of nitrogens with two attached hydrogens (primary N) is 2. The highest BCUT2D eigenvalue weighted by Gasteiger charge is 2.43. The van der Waals surface area contributed by atoms with E-state index in [9.17, 15) is 4.39 Å². The first-order chi connectivity index (χ1) is 12.1. The molecule has 1 aromatic heterocycles. The molecule has 2 aliphatic rings. The first-order valence-corrected chi connectivity index (χ1v) is 8.12. The summed E-state index contributed by atoms with van der Waals surface area (Å²) in [5.74, 6) is -0.0570. The second-order valence-corrected chi connectivity index (χ2v) is 6.21. The standard InChI is InChI=1S/C15H18FN9/c16-10-4-5-11(24-9-19-22-23-24)12(8-10)25-14(18)20-13(17)21-15(25)6-2-1-3-7-15/h4-5,8-9H,1-3,6-7H2,(H4,17,18,20,21). The Bertz CT molecular complexity index is 837. The molecule has 0 amide bonds. The van der Waals surface area contributed by atoms with Gasteiger partial charge >= 0.3 is 0 Å². The average molecular weight is 343 g/mol. The van der Waals surface area contributed by atoms with Crippen LogP contribution in [0, 0.1) is 5.82 Å². The number of aliphatic imine (C=N–C) groups is 2. The Morgan fingerprint density at radius 3 is 2.60 bits per heavy atom. The summed E-state index contributed by atoms with van der Waals surface area (Å²) in [5, 5.41) is 11.2. The predicted octanol–water partition coefficient (Wildman–Crippen LogP) is 0.911. The van der Waals surface area contributed by atoms with Crippen molar-refractivity contribution in [2.24, 2.45) is 21.5 Å². The molecule has 4 N–H and O–H groups in total. The molecule has 1 aromatic carbocycles. The highest BCUT2D eigenvalue weighted by Crippen LogP contribution is 2.41. The molecule has 1 fully saturated rings. The summed E-state index contributed by atoms with van der Waals surface area (Å²) in [4.78, 5) is 10.5. The van der Waals surface area contributed by atoms with Crippen LogP contribution in [0.1, 0.15) is 32.1 Å². The molecule has 0 unspecified atom stereocenters. The van der Waals surface area contributed by atoms with E-state index in [1.165, 1.54) is 23.1 Å². The molecule has 0 bridgehead atoms. The van der Waals surface area contributed by atoms with E-state index in [1.54, 1.807) is 11.0 Å². The number of rotatable bonds is 2. The van der Waals surface area contributed by atoms with Gasteiger partial charge < -0.3 is 11.5 Å². The topological polar surface area (TPSA) is 124 Å². The second kappa shape index (κ2) is 5.80. The van der Waals surface area contributed by atoms with E-state index in [0.717, 1.165) is 32.1 Å². The van der Waals surface area contributed by atoms with Gasteiger partial charge in [-0.05, 0) is 54.3 Å². The fraction of sp³-hybridized carbons (Fsp3) is 0.400. The SMILES string of the molecule is NC1=NC2(CCCCC2)N(c2cc(F)ccc2-n2cnnn2)C(N)=N1.